The summed E-state index contributed by atoms with van der Waals surface area (Å²) in [5.41, 5.74) is 2.33. The smallest absolute Gasteiger partial charge is 0.264 e. The molecule has 0 aliphatic heterocycles. The fourth-order valence-electron chi connectivity index (χ4n) is 4.37. The molecule has 0 fully saturated rings. The molecule has 1 N–H and O–H groups in total. The van der Waals surface area contributed by atoms with E-state index in [1.807, 2.05) is 19.9 Å². The lowest BCUT2D eigenvalue weighted by Gasteiger charge is -2.32. The van der Waals surface area contributed by atoms with E-state index in [0.29, 0.717) is 21.4 Å². The molecule has 0 unspecified atom stereocenters. The van der Waals surface area contributed by atoms with Gasteiger partial charge in [0.25, 0.3) is 10.0 Å². The summed E-state index contributed by atoms with van der Waals surface area (Å²) in [6.45, 7) is 4.48. The molecule has 0 heterocycles. The van der Waals surface area contributed by atoms with Gasteiger partial charge in [-0.25, -0.2) is 8.42 Å². The second-order valence-electron chi connectivity index (χ2n) is 9.39. The van der Waals surface area contributed by atoms with E-state index in [1.54, 1.807) is 37.3 Å². The molecule has 9 nitrogen and oxygen atoms in total. The fourth-order valence-corrected chi connectivity index (χ4v) is 6.30. The summed E-state index contributed by atoms with van der Waals surface area (Å²) >= 11 is 12.8. The second kappa shape index (κ2) is 13.5. The number of benzene rings is 3. The third kappa shape index (κ3) is 7.25. The number of anilines is 1. The number of rotatable bonds is 11. The largest absolute Gasteiger partial charge is 0.493 e. The highest BCUT2D eigenvalue weighted by Gasteiger charge is 2.33. The lowest BCUT2D eigenvalue weighted by Crippen LogP contribution is -2.50. The first-order chi connectivity index (χ1) is 19.3. The van der Waals surface area contributed by atoms with Gasteiger partial charge in [0.2, 0.25) is 11.8 Å². The topological polar surface area (TPSA) is 105 Å². The van der Waals surface area contributed by atoms with Crippen molar-refractivity contribution in [1.82, 2.24) is 10.2 Å². The zero-order valence-electron chi connectivity index (χ0n) is 23.7. The van der Waals surface area contributed by atoms with E-state index in [-0.39, 0.29) is 22.9 Å². The van der Waals surface area contributed by atoms with Crippen LogP contribution in [0.4, 0.5) is 5.69 Å². The van der Waals surface area contributed by atoms with Crippen LogP contribution < -0.4 is 19.1 Å². The maximum absolute atomic E-state index is 14.1. The maximum atomic E-state index is 14.1. The van der Waals surface area contributed by atoms with Crippen LogP contribution >= 0.6 is 23.2 Å². The zero-order valence-corrected chi connectivity index (χ0v) is 26.0. The maximum Gasteiger partial charge on any atom is 0.264 e. The van der Waals surface area contributed by atoms with Crippen LogP contribution in [-0.2, 0) is 26.2 Å². The van der Waals surface area contributed by atoms with Gasteiger partial charge in [0.15, 0.2) is 11.5 Å². The normalized spacial score (nSPS) is 11.9. The molecule has 0 aromatic heterocycles. The third-order valence-electron chi connectivity index (χ3n) is 6.52. The minimum absolute atomic E-state index is 0.109. The SMILES string of the molecule is CNC(=O)[C@@H](C)N(Cc1c(Cl)cccc1Cl)C(=O)CN(c1cc(C)cc(C)c1)S(=O)(=O)c1ccc(OC)c(OC)c1. The molecule has 0 bridgehead atoms. The number of halogens is 2. The molecule has 0 radical (unpaired) electrons. The van der Waals surface area contributed by atoms with E-state index in [4.69, 9.17) is 32.7 Å². The van der Waals surface area contributed by atoms with Gasteiger partial charge in [-0.2, -0.15) is 0 Å². The Kier molecular flexibility index (Phi) is 10.5. The van der Waals surface area contributed by atoms with Crippen molar-refractivity contribution < 1.29 is 27.5 Å². The van der Waals surface area contributed by atoms with Gasteiger partial charge in [-0.15, -0.1) is 0 Å². The number of amides is 2. The molecule has 0 saturated heterocycles. The molecule has 1 atom stereocenters. The van der Waals surface area contributed by atoms with Crippen molar-refractivity contribution in [3.63, 3.8) is 0 Å². The Hall–Kier alpha value is -3.47. The van der Waals surface area contributed by atoms with E-state index in [2.05, 4.69) is 5.32 Å². The van der Waals surface area contributed by atoms with E-state index in [9.17, 15) is 18.0 Å². The van der Waals surface area contributed by atoms with E-state index in [0.717, 1.165) is 15.4 Å². The first-order valence-corrected chi connectivity index (χ1v) is 14.8. The molecule has 0 spiro atoms. The summed E-state index contributed by atoms with van der Waals surface area (Å²) in [6.07, 6.45) is 0. The van der Waals surface area contributed by atoms with Crippen molar-refractivity contribution >= 4 is 50.7 Å². The van der Waals surface area contributed by atoms with Crippen LogP contribution in [0.5, 0.6) is 11.5 Å². The number of hydrogen-bond donors (Lipinski definition) is 1. The first kappa shape index (κ1) is 32.0. The van der Waals surface area contributed by atoms with Crippen molar-refractivity contribution in [1.29, 1.82) is 0 Å². The summed E-state index contributed by atoms with van der Waals surface area (Å²) in [5.74, 6) is -0.520. The first-order valence-electron chi connectivity index (χ1n) is 12.6. The quantitative estimate of drug-likeness (QED) is 0.323. The van der Waals surface area contributed by atoms with Crippen molar-refractivity contribution in [2.24, 2.45) is 0 Å². The molecule has 3 rings (SSSR count). The van der Waals surface area contributed by atoms with Crippen LogP contribution in [0.25, 0.3) is 0 Å². The Balaban J connectivity index is 2.14. The van der Waals surface area contributed by atoms with Crippen molar-refractivity contribution in [2.75, 3.05) is 32.1 Å². The van der Waals surface area contributed by atoms with Crippen molar-refractivity contribution in [3.05, 3.63) is 81.3 Å². The van der Waals surface area contributed by atoms with E-state index < -0.39 is 34.4 Å². The summed E-state index contributed by atoms with van der Waals surface area (Å²) in [6, 6.07) is 13.4. The Morgan fingerprint density at radius 2 is 1.51 bits per heavy atom. The highest BCUT2D eigenvalue weighted by atomic mass is 35.5. The molecule has 220 valence electrons. The number of carbonyl (C=O) groups excluding carboxylic acids is 2. The van der Waals surface area contributed by atoms with Gasteiger partial charge in [0.1, 0.15) is 12.6 Å². The standard InChI is InChI=1S/C29H33Cl2N3O6S/c1-18-12-19(2)14-21(13-18)34(41(37,38)22-10-11-26(39-5)27(15-22)40-6)17-28(35)33(20(3)29(36)32-4)16-23-24(30)8-7-9-25(23)31/h7-15,20H,16-17H2,1-6H3,(H,32,36)/t20-/m1/s1. The van der Waals surface area contributed by atoms with Gasteiger partial charge in [-0.05, 0) is 68.3 Å². The minimum Gasteiger partial charge on any atom is -0.493 e. The van der Waals surface area contributed by atoms with Gasteiger partial charge >= 0.3 is 0 Å². The third-order valence-corrected chi connectivity index (χ3v) is 9.00. The van der Waals surface area contributed by atoms with Crippen LogP contribution in [0.3, 0.4) is 0 Å². The van der Waals surface area contributed by atoms with Crippen LogP contribution in [0.1, 0.15) is 23.6 Å². The number of ether oxygens (including phenoxy) is 2. The summed E-state index contributed by atoms with van der Waals surface area (Å²) < 4.78 is 39.9. The highest BCUT2D eigenvalue weighted by molar-refractivity contribution is 7.92. The van der Waals surface area contributed by atoms with Crippen LogP contribution in [0, 0.1) is 13.8 Å². The Morgan fingerprint density at radius 3 is 2.05 bits per heavy atom. The van der Waals surface area contributed by atoms with Crippen molar-refractivity contribution in [3.8, 4) is 11.5 Å². The predicted molar refractivity (Wildman–Crippen MR) is 161 cm³/mol. The summed E-state index contributed by atoms with van der Waals surface area (Å²) in [5, 5.41) is 3.16. The van der Waals surface area contributed by atoms with E-state index in [1.165, 1.54) is 44.4 Å². The highest BCUT2D eigenvalue weighted by Crippen LogP contribution is 2.33. The lowest BCUT2D eigenvalue weighted by atomic mass is 10.1. The van der Waals surface area contributed by atoms with Gasteiger partial charge in [-0.3, -0.25) is 13.9 Å². The molecular formula is C29H33Cl2N3O6S. The average molecular weight is 623 g/mol. The fraction of sp³-hybridized carbons (Fsp3) is 0.310. The van der Waals surface area contributed by atoms with E-state index >= 15 is 0 Å². The number of aryl methyl sites for hydroxylation is 2. The van der Waals surface area contributed by atoms with Gasteiger partial charge in [0.05, 0.1) is 24.8 Å². The average Bonchev–Trinajstić information content (AvgIpc) is 2.93. The summed E-state index contributed by atoms with van der Waals surface area (Å²) in [7, 11) is -0.0206. The Bertz CT molecular complexity index is 1510. The molecular weight excluding hydrogens is 589 g/mol. The number of methoxy groups -OCH3 is 2. The monoisotopic (exact) mass is 621 g/mol. The van der Waals surface area contributed by atoms with Crippen molar-refractivity contribution in [2.45, 2.75) is 38.3 Å². The zero-order chi connectivity index (χ0) is 30.5. The van der Waals surface area contributed by atoms with Crippen LogP contribution in [0.2, 0.25) is 10.0 Å². The van der Waals surface area contributed by atoms with Gasteiger partial charge < -0.3 is 19.7 Å². The van der Waals surface area contributed by atoms with Crippen LogP contribution in [0.15, 0.2) is 59.5 Å². The molecule has 0 saturated carbocycles. The number of nitrogens with one attached hydrogen (secondary N) is 1. The van der Waals surface area contributed by atoms with Crippen LogP contribution in [-0.4, -0.2) is 59.0 Å². The Morgan fingerprint density at radius 1 is 0.927 bits per heavy atom. The Labute approximate surface area is 251 Å². The molecule has 3 aromatic rings. The van der Waals surface area contributed by atoms with Gasteiger partial charge in [-0.1, -0.05) is 35.3 Å². The molecule has 3 aromatic carbocycles. The predicted octanol–water partition coefficient (Wildman–Crippen LogP) is 4.99. The lowest BCUT2D eigenvalue weighted by molar-refractivity contribution is -0.139. The number of hydrogen-bond acceptors (Lipinski definition) is 6. The number of carbonyl (C=O) groups is 2. The number of sulfonamides is 1. The number of nitrogens with zero attached hydrogens (tertiary/aromatic N) is 2. The second-order valence-corrected chi connectivity index (χ2v) is 12.1. The van der Waals surface area contributed by atoms with Gasteiger partial charge in [0, 0.05) is 35.3 Å². The molecule has 0 aliphatic rings. The number of likely N-dealkylation sites (N-methyl/N-ethyl adjacent to an activating group) is 1. The molecule has 2 amide bonds. The molecule has 12 heteroatoms. The minimum atomic E-state index is -4.32. The molecule has 41 heavy (non-hydrogen) atoms. The molecule has 0 aliphatic carbocycles. The summed E-state index contributed by atoms with van der Waals surface area (Å²) in [4.78, 5) is 27.8.